The lowest BCUT2D eigenvalue weighted by Gasteiger charge is -2.32. The summed E-state index contributed by atoms with van der Waals surface area (Å²) in [5, 5.41) is 7.84. The maximum absolute atomic E-state index is 7.84. The lowest BCUT2D eigenvalue weighted by atomic mass is 10.1. The fourth-order valence-corrected chi connectivity index (χ4v) is 3.21. The molecule has 1 heterocycles. The molecule has 0 aromatic carbocycles. The van der Waals surface area contributed by atoms with Gasteiger partial charge in [0.15, 0.2) is 0 Å². The average Bonchev–Trinajstić information content (AvgIpc) is 2.82. The molecule has 19 heavy (non-hydrogen) atoms. The van der Waals surface area contributed by atoms with Crippen molar-refractivity contribution in [1.29, 1.82) is 5.41 Å². The molecule has 0 saturated heterocycles. The summed E-state index contributed by atoms with van der Waals surface area (Å²) in [4.78, 5) is 6.86. The number of aryl methyl sites for hydroxylation is 2. The van der Waals surface area contributed by atoms with Gasteiger partial charge >= 0.3 is 0 Å². The van der Waals surface area contributed by atoms with Crippen LogP contribution in [0.4, 0.5) is 5.69 Å². The first-order chi connectivity index (χ1) is 9.04. The van der Waals surface area contributed by atoms with E-state index in [1.807, 2.05) is 13.8 Å². The minimum absolute atomic E-state index is 0.122. The molecule has 0 aliphatic heterocycles. The van der Waals surface area contributed by atoms with Gasteiger partial charge in [-0.05, 0) is 39.7 Å². The highest BCUT2D eigenvalue weighted by Crippen LogP contribution is 2.31. The van der Waals surface area contributed by atoms with Crippen LogP contribution in [0.1, 0.15) is 49.6 Å². The van der Waals surface area contributed by atoms with Crippen LogP contribution in [-0.4, -0.2) is 23.4 Å². The Balaban J connectivity index is 2.48. The number of hydrogen-bond donors (Lipinski definition) is 2. The number of nitrogens with two attached hydrogens (primary N) is 1. The van der Waals surface area contributed by atoms with E-state index in [0.29, 0.717) is 6.04 Å². The summed E-state index contributed by atoms with van der Waals surface area (Å²) >= 11 is 0. The van der Waals surface area contributed by atoms with Gasteiger partial charge in [-0.3, -0.25) is 10.4 Å². The van der Waals surface area contributed by atoms with Crippen LogP contribution in [0.3, 0.4) is 0 Å². The van der Waals surface area contributed by atoms with Gasteiger partial charge in [0.25, 0.3) is 0 Å². The predicted octanol–water partition coefficient (Wildman–Crippen LogP) is 2.75. The molecular weight excluding hydrogens is 236 g/mol. The van der Waals surface area contributed by atoms with Gasteiger partial charge in [0.2, 0.25) is 0 Å². The zero-order valence-electron chi connectivity index (χ0n) is 12.2. The molecule has 3 N–H and O–H groups in total. The normalized spacial score (nSPS) is 15.7. The predicted molar refractivity (Wildman–Crippen MR) is 80.0 cm³/mol. The van der Waals surface area contributed by atoms with Crippen molar-refractivity contribution in [3.63, 3.8) is 0 Å². The molecular formula is C15H24N4. The van der Waals surface area contributed by atoms with E-state index in [-0.39, 0.29) is 5.84 Å². The third-order valence-electron chi connectivity index (χ3n) is 3.99. The van der Waals surface area contributed by atoms with Gasteiger partial charge in [-0.1, -0.05) is 12.8 Å². The lowest BCUT2D eigenvalue weighted by Crippen LogP contribution is -2.35. The Labute approximate surface area is 115 Å². The highest BCUT2D eigenvalue weighted by Gasteiger charge is 2.25. The van der Waals surface area contributed by atoms with Crippen molar-refractivity contribution in [2.24, 2.45) is 5.73 Å². The van der Waals surface area contributed by atoms with Crippen molar-refractivity contribution in [1.82, 2.24) is 4.98 Å². The van der Waals surface area contributed by atoms with Crippen LogP contribution < -0.4 is 10.6 Å². The molecule has 0 bridgehead atoms. The molecule has 1 fully saturated rings. The van der Waals surface area contributed by atoms with E-state index in [4.69, 9.17) is 11.1 Å². The molecule has 4 heteroatoms. The second-order valence-corrected chi connectivity index (χ2v) is 5.38. The Bertz CT molecular complexity index is 475. The number of amidine groups is 1. The van der Waals surface area contributed by atoms with E-state index >= 15 is 0 Å². The van der Waals surface area contributed by atoms with Gasteiger partial charge in [-0.2, -0.15) is 0 Å². The Morgan fingerprint density at radius 2 is 2.05 bits per heavy atom. The molecule has 2 rings (SSSR count). The monoisotopic (exact) mass is 260 g/mol. The molecule has 1 aromatic rings. The highest BCUT2D eigenvalue weighted by atomic mass is 15.2. The maximum Gasteiger partial charge on any atom is 0.126 e. The number of nitrogen functional groups attached to an aromatic ring is 1. The molecule has 4 nitrogen and oxygen atoms in total. The van der Waals surface area contributed by atoms with Crippen molar-refractivity contribution in [2.45, 2.75) is 52.5 Å². The minimum atomic E-state index is 0.122. The minimum Gasteiger partial charge on any atom is -0.384 e. The van der Waals surface area contributed by atoms with E-state index in [2.05, 4.69) is 22.9 Å². The number of anilines is 1. The summed E-state index contributed by atoms with van der Waals surface area (Å²) < 4.78 is 0. The van der Waals surface area contributed by atoms with Crippen molar-refractivity contribution < 1.29 is 0 Å². The molecule has 1 aliphatic carbocycles. The molecule has 104 valence electrons. The number of pyridine rings is 1. The Morgan fingerprint density at radius 1 is 1.42 bits per heavy atom. The molecule has 0 atom stereocenters. The van der Waals surface area contributed by atoms with Crippen molar-refractivity contribution in [3.05, 3.63) is 23.0 Å². The first-order valence-corrected chi connectivity index (χ1v) is 7.13. The smallest absolute Gasteiger partial charge is 0.126 e. The van der Waals surface area contributed by atoms with Crippen LogP contribution in [0.2, 0.25) is 0 Å². The van der Waals surface area contributed by atoms with Crippen LogP contribution in [0.25, 0.3) is 0 Å². The SMILES string of the molecule is CCN(c1cc(C)nc(C)c1C(=N)N)C1CCCC1. The van der Waals surface area contributed by atoms with Gasteiger partial charge in [0.1, 0.15) is 5.84 Å². The fraction of sp³-hybridized carbons (Fsp3) is 0.600. The number of nitrogens with one attached hydrogen (secondary N) is 1. The van der Waals surface area contributed by atoms with Gasteiger partial charge in [-0.25, -0.2) is 0 Å². The second-order valence-electron chi connectivity index (χ2n) is 5.38. The average molecular weight is 260 g/mol. The highest BCUT2D eigenvalue weighted by molar-refractivity contribution is 6.01. The first kappa shape index (κ1) is 13.8. The van der Waals surface area contributed by atoms with Crippen LogP contribution in [0, 0.1) is 19.3 Å². The van der Waals surface area contributed by atoms with Gasteiger partial charge in [0.05, 0.1) is 16.9 Å². The molecule has 0 spiro atoms. The topological polar surface area (TPSA) is 66.0 Å². The number of hydrogen-bond acceptors (Lipinski definition) is 3. The largest absolute Gasteiger partial charge is 0.384 e. The van der Waals surface area contributed by atoms with Crippen molar-refractivity contribution in [3.8, 4) is 0 Å². The fourth-order valence-electron chi connectivity index (χ4n) is 3.21. The number of rotatable bonds is 4. The third kappa shape index (κ3) is 2.72. The Kier molecular flexibility index (Phi) is 4.08. The number of nitrogens with zero attached hydrogens (tertiary/aromatic N) is 2. The van der Waals surface area contributed by atoms with Crippen LogP contribution in [0.5, 0.6) is 0 Å². The summed E-state index contributed by atoms with van der Waals surface area (Å²) in [6, 6.07) is 2.66. The van der Waals surface area contributed by atoms with Crippen LogP contribution >= 0.6 is 0 Å². The lowest BCUT2D eigenvalue weighted by molar-refractivity contribution is 0.618. The van der Waals surface area contributed by atoms with E-state index in [1.165, 1.54) is 25.7 Å². The molecule has 1 aliphatic rings. The van der Waals surface area contributed by atoms with E-state index in [0.717, 1.165) is 29.2 Å². The maximum atomic E-state index is 7.84. The summed E-state index contributed by atoms with van der Waals surface area (Å²) in [7, 11) is 0. The van der Waals surface area contributed by atoms with Crippen LogP contribution in [-0.2, 0) is 0 Å². The number of aromatic nitrogens is 1. The van der Waals surface area contributed by atoms with Gasteiger partial charge in [0, 0.05) is 18.3 Å². The standard InChI is InChI=1S/C15H24N4/c1-4-19(12-7-5-6-8-12)13-9-10(2)18-11(3)14(13)15(16)17/h9,12H,4-8H2,1-3H3,(H3,16,17). The molecule has 1 saturated carbocycles. The van der Waals surface area contributed by atoms with Crippen LogP contribution in [0.15, 0.2) is 6.07 Å². The summed E-state index contributed by atoms with van der Waals surface area (Å²) in [6.07, 6.45) is 5.09. The zero-order chi connectivity index (χ0) is 14.0. The van der Waals surface area contributed by atoms with Gasteiger partial charge in [-0.15, -0.1) is 0 Å². The van der Waals surface area contributed by atoms with Gasteiger partial charge < -0.3 is 10.6 Å². The Morgan fingerprint density at radius 3 is 2.58 bits per heavy atom. The third-order valence-corrected chi connectivity index (χ3v) is 3.99. The van der Waals surface area contributed by atoms with E-state index < -0.39 is 0 Å². The van der Waals surface area contributed by atoms with E-state index in [1.54, 1.807) is 0 Å². The molecule has 0 unspecified atom stereocenters. The van der Waals surface area contributed by atoms with Crippen molar-refractivity contribution in [2.75, 3.05) is 11.4 Å². The second kappa shape index (κ2) is 5.59. The molecule has 0 amide bonds. The van der Waals surface area contributed by atoms with Crippen molar-refractivity contribution >= 4 is 11.5 Å². The molecule has 1 aromatic heterocycles. The summed E-state index contributed by atoms with van der Waals surface area (Å²) in [5.41, 5.74) is 9.52. The summed E-state index contributed by atoms with van der Waals surface area (Å²) in [6.45, 7) is 7.07. The molecule has 0 radical (unpaired) electrons. The Hall–Kier alpha value is -1.58. The summed E-state index contributed by atoms with van der Waals surface area (Å²) in [5.74, 6) is 0.122. The van der Waals surface area contributed by atoms with E-state index in [9.17, 15) is 0 Å². The first-order valence-electron chi connectivity index (χ1n) is 7.13. The quantitative estimate of drug-likeness (QED) is 0.646. The zero-order valence-corrected chi connectivity index (χ0v) is 12.2.